The fourth-order valence-electron chi connectivity index (χ4n) is 2.50. The Labute approximate surface area is 91.5 Å². The van der Waals surface area contributed by atoms with E-state index in [1.165, 1.54) is 25.7 Å². The Bertz CT molecular complexity index is 128. The Balaban J connectivity index is 4.31. The van der Waals surface area contributed by atoms with Gasteiger partial charge < -0.3 is 0 Å². The van der Waals surface area contributed by atoms with E-state index < -0.39 is 0 Å². The Morgan fingerprint density at radius 3 is 1.64 bits per heavy atom. The third-order valence-electron chi connectivity index (χ3n) is 4.21. The molecule has 0 bridgehead atoms. The number of hydrogen-bond acceptors (Lipinski definition) is 0. The van der Waals surface area contributed by atoms with Crippen LogP contribution in [0, 0.1) is 23.7 Å². The molecule has 0 aliphatic carbocycles. The van der Waals surface area contributed by atoms with Gasteiger partial charge in [0.15, 0.2) is 0 Å². The first-order valence-corrected chi connectivity index (χ1v) is 6.58. The molecule has 0 aliphatic heterocycles. The SMILES string of the molecule is CCCC(C(C)CC)C(C)C(C)CC. The molecule has 0 N–H and O–H groups in total. The molecule has 14 heavy (non-hydrogen) atoms. The van der Waals surface area contributed by atoms with Gasteiger partial charge in [-0.15, -0.1) is 0 Å². The van der Waals surface area contributed by atoms with Crippen LogP contribution in [-0.4, -0.2) is 0 Å². The number of rotatable bonds is 7. The Kier molecular flexibility index (Phi) is 7.31. The molecule has 0 aliphatic rings. The maximum atomic E-state index is 2.46. The minimum absolute atomic E-state index is 0.889. The van der Waals surface area contributed by atoms with Crippen LogP contribution in [0.25, 0.3) is 0 Å². The van der Waals surface area contributed by atoms with E-state index in [0.717, 1.165) is 23.7 Å². The van der Waals surface area contributed by atoms with E-state index in [1.807, 2.05) is 0 Å². The molecule has 0 heteroatoms. The van der Waals surface area contributed by atoms with Crippen molar-refractivity contribution in [3.63, 3.8) is 0 Å². The fourth-order valence-corrected chi connectivity index (χ4v) is 2.50. The molecule has 4 unspecified atom stereocenters. The molecule has 0 fully saturated rings. The van der Waals surface area contributed by atoms with E-state index in [-0.39, 0.29) is 0 Å². The van der Waals surface area contributed by atoms with Gasteiger partial charge in [-0.2, -0.15) is 0 Å². The summed E-state index contributed by atoms with van der Waals surface area (Å²) in [6.45, 7) is 14.3. The van der Waals surface area contributed by atoms with Crippen LogP contribution in [0.5, 0.6) is 0 Å². The second-order valence-electron chi connectivity index (χ2n) is 5.08. The summed E-state index contributed by atoms with van der Waals surface area (Å²) in [6.07, 6.45) is 5.43. The zero-order valence-corrected chi connectivity index (χ0v) is 11.1. The molecular formula is C14H30. The van der Waals surface area contributed by atoms with Gasteiger partial charge in [-0.25, -0.2) is 0 Å². The monoisotopic (exact) mass is 198 g/mol. The maximum Gasteiger partial charge on any atom is -0.0360 e. The van der Waals surface area contributed by atoms with Crippen LogP contribution in [0.3, 0.4) is 0 Å². The summed E-state index contributed by atoms with van der Waals surface area (Å²) in [5, 5.41) is 0. The van der Waals surface area contributed by atoms with E-state index in [9.17, 15) is 0 Å². The van der Waals surface area contributed by atoms with Gasteiger partial charge in [-0.1, -0.05) is 67.2 Å². The van der Waals surface area contributed by atoms with Crippen LogP contribution in [0.15, 0.2) is 0 Å². The minimum atomic E-state index is 0.889. The largest absolute Gasteiger partial charge is 0.0654 e. The molecule has 0 saturated carbocycles. The van der Waals surface area contributed by atoms with Crippen LogP contribution in [0.1, 0.15) is 67.2 Å². The summed E-state index contributed by atoms with van der Waals surface area (Å²) in [7, 11) is 0. The third kappa shape index (κ3) is 4.02. The molecule has 0 rings (SSSR count). The summed E-state index contributed by atoms with van der Waals surface area (Å²) in [5.74, 6) is 3.63. The van der Waals surface area contributed by atoms with Crippen molar-refractivity contribution in [2.75, 3.05) is 0 Å². The fraction of sp³-hybridized carbons (Fsp3) is 1.00. The van der Waals surface area contributed by atoms with Crippen LogP contribution in [0.4, 0.5) is 0 Å². The summed E-state index contributed by atoms with van der Waals surface area (Å²) in [6, 6.07) is 0. The Morgan fingerprint density at radius 1 is 0.786 bits per heavy atom. The second kappa shape index (κ2) is 7.31. The van der Waals surface area contributed by atoms with Crippen molar-refractivity contribution in [3.05, 3.63) is 0 Å². The van der Waals surface area contributed by atoms with Gasteiger partial charge in [0.2, 0.25) is 0 Å². The topological polar surface area (TPSA) is 0 Å². The maximum absolute atomic E-state index is 2.46. The Morgan fingerprint density at radius 2 is 1.29 bits per heavy atom. The molecule has 0 nitrogen and oxygen atoms in total. The molecular weight excluding hydrogens is 168 g/mol. The van der Waals surface area contributed by atoms with E-state index in [4.69, 9.17) is 0 Å². The highest BCUT2D eigenvalue weighted by molar-refractivity contribution is 4.74. The number of hydrogen-bond donors (Lipinski definition) is 0. The molecule has 0 aromatic heterocycles. The van der Waals surface area contributed by atoms with Gasteiger partial charge in [0.05, 0.1) is 0 Å². The first-order valence-electron chi connectivity index (χ1n) is 6.58. The molecule has 0 aromatic carbocycles. The molecule has 0 saturated heterocycles. The van der Waals surface area contributed by atoms with Gasteiger partial charge in [-0.05, 0) is 23.7 Å². The lowest BCUT2D eigenvalue weighted by molar-refractivity contribution is 0.174. The van der Waals surface area contributed by atoms with Crippen LogP contribution < -0.4 is 0 Å². The standard InChI is InChI=1S/C14H30/c1-7-10-14(12(5)9-3)13(6)11(4)8-2/h11-14H,7-10H2,1-6H3. The molecule has 86 valence electrons. The van der Waals surface area contributed by atoms with Gasteiger partial charge in [0.25, 0.3) is 0 Å². The van der Waals surface area contributed by atoms with Crippen LogP contribution >= 0.6 is 0 Å². The molecule has 0 radical (unpaired) electrons. The zero-order chi connectivity index (χ0) is 11.1. The van der Waals surface area contributed by atoms with Crippen molar-refractivity contribution in [3.8, 4) is 0 Å². The molecule has 0 spiro atoms. The van der Waals surface area contributed by atoms with Crippen molar-refractivity contribution in [2.24, 2.45) is 23.7 Å². The van der Waals surface area contributed by atoms with Gasteiger partial charge in [0, 0.05) is 0 Å². The second-order valence-corrected chi connectivity index (χ2v) is 5.08. The lowest BCUT2D eigenvalue weighted by Gasteiger charge is -2.32. The Hall–Kier alpha value is 0. The van der Waals surface area contributed by atoms with Gasteiger partial charge >= 0.3 is 0 Å². The summed E-state index contributed by atoms with van der Waals surface area (Å²) in [5.41, 5.74) is 0. The highest BCUT2D eigenvalue weighted by Gasteiger charge is 2.24. The van der Waals surface area contributed by atoms with Gasteiger partial charge in [0.1, 0.15) is 0 Å². The van der Waals surface area contributed by atoms with Crippen LogP contribution in [-0.2, 0) is 0 Å². The average molecular weight is 198 g/mol. The first kappa shape index (κ1) is 14.0. The molecule has 0 heterocycles. The van der Waals surface area contributed by atoms with E-state index in [2.05, 4.69) is 41.5 Å². The van der Waals surface area contributed by atoms with Crippen LogP contribution in [0.2, 0.25) is 0 Å². The quantitative estimate of drug-likeness (QED) is 0.532. The lowest BCUT2D eigenvalue weighted by Crippen LogP contribution is -2.24. The average Bonchev–Trinajstić information content (AvgIpc) is 2.22. The molecule has 4 atom stereocenters. The molecule has 0 aromatic rings. The predicted octanol–water partition coefficient (Wildman–Crippen LogP) is 5.13. The summed E-state index contributed by atoms with van der Waals surface area (Å²) < 4.78 is 0. The van der Waals surface area contributed by atoms with Crippen molar-refractivity contribution in [2.45, 2.75) is 67.2 Å². The van der Waals surface area contributed by atoms with Crippen molar-refractivity contribution < 1.29 is 0 Å². The van der Waals surface area contributed by atoms with E-state index >= 15 is 0 Å². The molecule has 0 amide bonds. The highest BCUT2D eigenvalue weighted by Crippen LogP contribution is 2.33. The predicted molar refractivity (Wildman–Crippen MR) is 66.5 cm³/mol. The summed E-state index contributed by atoms with van der Waals surface area (Å²) >= 11 is 0. The van der Waals surface area contributed by atoms with Crippen molar-refractivity contribution in [1.82, 2.24) is 0 Å². The van der Waals surface area contributed by atoms with Crippen molar-refractivity contribution in [1.29, 1.82) is 0 Å². The van der Waals surface area contributed by atoms with E-state index in [0.29, 0.717) is 0 Å². The third-order valence-corrected chi connectivity index (χ3v) is 4.21. The zero-order valence-electron chi connectivity index (χ0n) is 11.1. The lowest BCUT2D eigenvalue weighted by atomic mass is 9.73. The van der Waals surface area contributed by atoms with Gasteiger partial charge in [-0.3, -0.25) is 0 Å². The first-order chi connectivity index (χ1) is 6.58. The minimum Gasteiger partial charge on any atom is -0.0654 e. The van der Waals surface area contributed by atoms with Crippen molar-refractivity contribution >= 4 is 0 Å². The van der Waals surface area contributed by atoms with E-state index in [1.54, 1.807) is 0 Å². The normalized spacial score (nSPS) is 20.1. The smallest absolute Gasteiger partial charge is 0.0360 e. The highest BCUT2D eigenvalue weighted by atomic mass is 14.3. The summed E-state index contributed by atoms with van der Waals surface area (Å²) in [4.78, 5) is 0.